The van der Waals surface area contributed by atoms with Crippen molar-refractivity contribution in [2.75, 3.05) is 40.3 Å². The molecular weight excluding hydrogens is 318 g/mol. The fourth-order valence-electron chi connectivity index (χ4n) is 2.38. The number of carbonyl (C=O) groups excluding carboxylic acids is 1. The Bertz CT molecular complexity index is 473. The Labute approximate surface area is 142 Å². The normalized spacial score (nSPS) is 16.1. The highest BCUT2D eigenvalue weighted by Gasteiger charge is 2.23. The van der Waals surface area contributed by atoms with Crippen LogP contribution in [0.4, 0.5) is 4.79 Å². The quantitative estimate of drug-likeness (QED) is 0.893. The van der Waals surface area contributed by atoms with Gasteiger partial charge >= 0.3 is 6.03 Å². The minimum Gasteiger partial charge on any atom is -0.337 e. The van der Waals surface area contributed by atoms with Gasteiger partial charge in [0, 0.05) is 41.3 Å². The molecule has 0 aromatic heterocycles. The number of rotatable bonds is 5. The van der Waals surface area contributed by atoms with Gasteiger partial charge in [-0.1, -0.05) is 11.6 Å². The average Bonchev–Trinajstić information content (AvgIpc) is 2.50. The third-order valence-electron chi connectivity index (χ3n) is 3.68. The number of hydrogen-bond acceptors (Lipinski definition) is 3. The number of carbonyl (C=O) groups is 1. The van der Waals surface area contributed by atoms with Gasteiger partial charge in [0.1, 0.15) is 0 Å². The number of piperidine rings is 1. The molecule has 0 atom stereocenters. The summed E-state index contributed by atoms with van der Waals surface area (Å²) >= 11 is 7.79. The van der Waals surface area contributed by atoms with Crippen LogP contribution in [0.2, 0.25) is 5.02 Å². The Morgan fingerprint density at radius 1 is 1.32 bits per heavy atom. The van der Waals surface area contributed by atoms with E-state index in [4.69, 9.17) is 11.6 Å². The topological polar surface area (TPSA) is 35.6 Å². The highest BCUT2D eigenvalue weighted by Crippen LogP contribution is 2.30. The standard InChI is InChI=1S/C16H24ClN3OS/c1-19(2)12-9-18-16(21)20-10-7-15(8-11-20)22-14-5-3-13(17)4-6-14/h3-6,15H,7-12H2,1-2H3,(H,18,21). The Morgan fingerprint density at radius 3 is 2.55 bits per heavy atom. The van der Waals surface area contributed by atoms with Gasteiger partial charge in [0.05, 0.1) is 0 Å². The fourth-order valence-corrected chi connectivity index (χ4v) is 3.63. The van der Waals surface area contributed by atoms with Crippen LogP contribution in [0.1, 0.15) is 12.8 Å². The molecule has 2 rings (SSSR count). The van der Waals surface area contributed by atoms with Crippen molar-refractivity contribution in [1.82, 2.24) is 15.1 Å². The van der Waals surface area contributed by atoms with Crippen molar-refractivity contribution in [3.63, 3.8) is 0 Å². The molecule has 122 valence electrons. The maximum absolute atomic E-state index is 12.1. The van der Waals surface area contributed by atoms with Crippen LogP contribution in [-0.4, -0.2) is 61.4 Å². The van der Waals surface area contributed by atoms with Crippen molar-refractivity contribution in [2.24, 2.45) is 0 Å². The number of likely N-dealkylation sites (N-methyl/N-ethyl adjacent to an activating group) is 1. The molecule has 6 heteroatoms. The van der Waals surface area contributed by atoms with Gasteiger partial charge in [0.25, 0.3) is 0 Å². The first-order valence-electron chi connectivity index (χ1n) is 7.64. The Balaban J connectivity index is 1.71. The number of amides is 2. The van der Waals surface area contributed by atoms with Crippen LogP contribution in [-0.2, 0) is 0 Å². The van der Waals surface area contributed by atoms with Crippen LogP contribution in [0, 0.1) is 0 Å². The molecule has 1 aliphatic rings. The van der Waals surface area contributed by atoms with Gasteiger partial charge in [-0.05, 0) is 51.2 Å². The highest BCUT2D eigenvalue weighted by molar-refractivity contribution is 8.00. The van der Waals surface area contributed by atoms with Crippen molar-refractivity contribution in [2.45, 2.75) is 23.0 Å². The lowest BCUT2D eigenvalue weighted by Gasteiger charge is -2.31. The lowest BCUT2D eigenvalue weighted by molar-refractivity contribution is 0.186. The van der Waals surface area contributed by atoms with E-state index in [9.17, 15) is 4.79 Å². The SMILES string of the molecule is CN(C)CCNC(=O)N1CCC(Sc2ccc(Cl)cc2)CC1. The third kappa shape index (κ3) is 5.71. The molecule has 1 aromatic rings. The predicted molar refractivity (Wildman–Crippen MR) is 93.9 cm³/mol. The van der Waals surface area contributed by atoms with Crippen LogP contribution < -0.4 is 5.32 Å². The van der Waals surface area contributed by atoms with Crippen molar-refractivity contribution < 1.29 is 4.79 Å². The molecule has 1 N–H and O–H groups in total. The van der Waals surface area contributed by atoms with E-state index in [1.807, 2.05) is 42.9 Å². The summed E-state index contributed by atoms with van der Waals surface area (Å²) in [5.41, 5.74) is 0. The number of likely N-dealkylation sites (tertiary alicyclic amines) is 1. The van der Waals surface area contributed by atoms with Crippen LogP contribution in [0.5, 0.6) is 0 Å². The molecule has 1 aromatic carbocycles. The van der Waals surface area contributed by atoms with Gasteiger partial charge < -0.3 is 15.1 Å². The summed E-state index contributed by atoms with van der Waals surface area (Å²) in [4.78, 5) is 17.3. The van der Waals surface area contributed by atoms with E-state index in [1.165, 1.54) is 4.90 Å². The zero-order chi connectivity index (χ0) is 15.9. The van der Waals surface area contributed by atoms with E-state index >= 15 is 0 Å². The summed E-state index contributed by atoms with van der Waals surface area (Å²) < 4.78 is 0. The van der Waals surface area contributed by atoms with Crippen molar-refractivity contribution >= 4 is 29.4 Å². The number of nitrogens with zero attached hydrogens (tertiary/aromatic N) is 2. The molecule has 4 nitrogen and oxygen atoms in total. The van der Waals surface area contributed by atoms with Crippen LogP contribution >= 0.6 is 23.4 Å². The van der Waals surface area contributed by atoms with Gasteiger partial charge in [-0.2, -0.15) is 0 Å². The zero-order valence-corrected chi connectivity index (χ0v) is 14.8. The monoisotopic (exact) mass is 341 g/mol. The minimum absolute atomic E-state index is 0.0665. The molecule has 0 unspecified atom stereocenters. The Morgan fingerprint density at radius 2 is 1.95 bits per heavy atom. The molecule has 1 saturated heterocycles. The van der Waals surface area contributed by atoms with E-state index in [2.05, 4.69) is 22.3 Å². The minimum atomic E-state index is 0.0665. The first kappa shape index (κ1) is 17.4. The molecule has 2 amide bonds. The van der Waals surface area contributed by atoms with Crippen LogP contribution in [0.3, 0.4) is 0 Å². The number of urea groups is 1. The second-order valence-corrected chi connectivity index (χ2v) is 7.60. The maximum atomic E-state index is 12.1. The smallest absolute Gasteiger partial charge is 0.317 e. The number of nitrogens with one attached hydrogen (secondary N) is 1. The zero-order valence-electron chi connectivity index (χ0n) is 13.2. The largest absolute Gasteiger partial charge is 0.337 e. The Hall–Kier alpha value is -0.910. The Kier molecular flexibility index (Phi) is 6.86. The number of hydrogen-bond donors (Lipinski definition) is 1. The second kappa shape index (κ2) is 8.65. The molecule has 1 aliphatic heterocycles. The van der Waals surface area contributed by atoms with Gasteiger partial charge in [0.15, 0.2) is 0 Å². The second-order valence-electron chi connectivity index (χ2n) is 5.79. The molecule has 0 radical (unpaired) electrons. The molecule has 1 heterocycles. The van der Waals surface area contributed by atoms with Crippen molar-refractivity contribution in [3.05, 3.63) is 29.3 Å². The van der Waals surface area contributed by atoms with Crippen molar-refractivity contribution in [3.8, 4) is 0 Å². The van der Waals surface area contributed by atoms with E-state index in [0.717, 1.165) is 37.5 Å². The maximum Gasteiger partial charge on any atom is 0.317 e. The fraction of sp³-hybridized carbons (Fsp3) is 0.562. The summed E-state index contributed by atoms with van der Waals surface area (Å²) in [6, 6.07) is 8.05. The molecule has 22 heavy (non-hydrogen) atoms. The number of thioether (sulfide) groups is 1. The highest BCUT2D eigenvalue weighted by atomic mass is 35.5. The van der Waals surface area contributed by atoms with Crippen molar-refractivity contribution in [1.29, 1.82) is 0 Å². The summed E-state index contributed by atoms with van der Waals surface area (Å²) in [5, 5.41) is 4.33. The first-order valence-corrected chi connectivity index (χ1v) is 8.90. The summed E-state index contributed by atoms with van der Waals surface area (Å²) in [5.74, 6) is 0. The summed E-state index contributed by atoms with van der Waals surface area (Å²) in [7, 11) is 4.01. The van der Waals surface area contributed by atoms with Gasteiger partial charge in [-0.25, -0.2) is 4.79 Å². The van der Waals surface area contributed by atoms with Gasteiger partial charge in [0.2, 0.25) is 0 Å². The lowest BCUT2D eigenvalue weighted by atomic mass is 10.1. The summed E-state index contributed by atoms with van der Waals surface area (Å²) in [6.45, 7) is 3.23. The third-order valence-corrected chi connectivity index (χ3v) is 5.28. The van der Waals surface area contributed by atoms with E-state index < -0.39 is 0 Å². The molecule has 1 fully saturated rings. The van der Waals surface area contributed by atoms with E-state index in [1.54, 1.807) is 0 Å². The van der Waals surface area contributed by atoms with E-state index in [0.29, 0.717) is 11.8 Å². The first-order chi connectivity index (χ1) is 10.5. The average molecular weight is 342 g/mol. The molecule has 0 saturated carbocycles. The van der Waals surface area contributed by atoms with Crippen LogP contribution in [0.25, 0.3) is 0 Å². The number of halogens is 1. The summed E-state index contributed by atoms with van der Waals surface area (Å²) in [6.07, 6.45) is 2.07. The predicted octanol–water partition coefficient (Wildman–Crippen LogP) is 3.17. The molecular formula is C16H24ClN3OS. The molecule has 0 bridgehead atoms. The van der Waals surface area contributed by atoms with E-state index in [-0.39, 0.29) is 6.03 Å². The molecule has 0 aliphatic carbocycles. The lowest BCUT2D eigenvalue weighted by Crippen LogP contribution is -2.46. The van der Waals surface area contributed by atoms with Gasteiger partial charge in [-0.3, -0.25) is 0 Å². The van der Waals surface area contributed by atoms with Crippen LogP contribution in [0.15, 0.2) is 29.2 Å². The molecule has 0 spiro atoms. The number of benzene rings is 1. The van der Waals surface area contributed by atoms with Gasteiger partial charge in [-0.15, -0.1) is 11.8 Å².